The van der Waals surface area contributed by atoms with Gasteiger partial charge in [-0.05, 0) is 12.5 Å². The van der Waals surface area contributed by atoms with Crippen LogP contribution in [0.1, 0.15) is 6.92 Å². The Balaban J connectivity index is 2.61. The highest BCUT2D eigenvalue weighted by Gasteiger charge is 2.33. The molecular formula is C7H12O3. The van der Waals surface area contributed by atoms with Gasteiger partial charge >= 0.3 is 0 Å². The molecule has 0 amide bonds. The molecule has 58 valence electrons. The fourth-order valence-electron chi connectivity index (χ4n) is 1.05. The lowest BCUT2D eigenvalue weighted by Crippen LogP contribution is -2.25. The van der Waals surface area contributed by atoms with Crippen molar-refractivity contribution in [1.82, 2.24) is 0 Å². The summed E-state index contributed by atoms with van der Waals surface area (Å²) in [5.41, 5.74) is 0.652. The third-order valence-electron chi connectivity index (χ3n) is 1.81. The summed E-state index contributed by atoms with van der Waals surface area (Å²) in [5, 5.41) is 17.9. The molecule has 3 nitrogen and oxygen atoms in total. The molecule has 3 atom stereocenters. The minimum atomic E-state index is -0.694. The molecule has 1 fully saturated rings. The van der Waals surface area contributed by atoms with Crippen molar-refractivity contribution < 1.29 is 14.9 Å². The van der Waals surface area contributed by atoms with Crippen LogP contribution in [0.25, 0.3) is 0 Å². The molecule has 0 aromatic carbocycles. The highest BCUT2D eigenvalue weighted by molar-refractivity contribution is 5.14. The van der Waals surface area contributed by atoms with Gasteiger partial charge in [0.1, 0.15) is 12.2 Å². The molecule has 2 N–H and O–H groups in total. The second-order valence-corrected chi connectivity index (χ2v) is 2.52. The maximum absolute atomic E-state index is 9.24. The fraction of sp³-hybridized carbons (Fsp3) is 0.714. The summed E-state index contributed by atoms with van der Waals surface area (Å²) in [4.78, 5) is 0. The zero-order valence-corrected chi connectivity index (χ0v) is 5.95. The summed E-state index contributed by atoms with van der Waals surface area (Å²) >= 11 is 0. The van der Waals surface area contributed by atoms with E-state index in [2.05, 4.69) is 6.58 Å². The van der Waals surface area contributed by atoms with Gasteiger partial charge in [0.2, 0.25) is 0 Å². The lowest BCUT2D eigenvalue weighted by molar-refractivity contribution is -0.0170. The third-order valence-corrected chi connectivity index (χ3v) is 1.81. The molecule has 0 unspecified atom stereocenters. The van der Waals surface area contributed by atoms with Crippen LogP contribution in [0.5, 0.6) is 0 Å². The van der Waals surface area contributed by atoms with E-state index in [1.54, 1.807) is 6.92 Å². The SMILES string of the molecule is C=C1[C@@H](O)[C@@H](CO)O[C@@H]1C. The lowest BCUT2D eigenvalue weighted by Gasteiger charge is -2.08. The molecule has 10 heavy (non-hydrogen) atoms. The molecule has 0 aromatic rings. The number of ether oxygens (including phenoxy) is 1. The van der Waals surface area contributed by atoms with E-state index >= 15 is 0 Å². The Kier molecular flexibility index (Phi) is 2.08. The molecule has 3 heteroatoms. The molecule has 0 saturated carbocycles. The van der Waals surface area contributed by atoms with E-state index in [1.807, 2.05) is 0 Å². The second kappa shape index (κ2) is 2.70. The van der Waals surface area contributed by atoms with Crippen LogP contribution < -0.4 is 0 Å². The van der Waals surface area contributed by atoms with Gasteiger partial charge in [-0.1, -0.05) is 6.58 Å². The quantitative estimate of drug-likeness (QED) is 0.496. The van der Waals surface area contributed by atoms with Crippen molar-refractivity contribution in [2.24, 2.45) is 0 Å². The molecule has 1 aliphatic rings. The van der Waals surface area contributed by atoms with Crippen LogP contribution >= 0.6 is 0 Å². The van der Waals surface area contributed by atoms with E-state index in [-0.39, 0.29) is 12.7 Å². The Labute approximate surface area is 59.9 Å². The van der Waals surface area contributed by atoms with E-state index in [1.165, 1.54) is 0 Å². The van der Waals surface area contributed by atoms with Gasteiger partial charge in [-0.15, -0.1) is 0 Å². The summed E-state index contributed by atoms with van der Waals surface area (Å²) < 4.78 is 5.14. The highest BCUT2D eigenvalue weighted by atomic mass is 16.5. The van der Waals surface area contributed by atoms with Crippen LogP contribution in [0.4, 0.5) is 0 Å². The van der Waals surface area contributed by atoms with Crippen molar-refractivity contribution in [2.75, 3.05) is 6.61 Å². The van der Waals surface area contributed by atoms with Crippen molar-refractivity contribution in [3.63, 3.8) is 0 Å². The normalized spacial score (nSPS) is 40.7. The summed E-state index contributed by atoms with van der Waals surface area (Å²) in [7, 11) is 0. The predicted molar refractivity (Wildman–Crippen MR) is 36.6 cm³/mol. The van der Waals surface area contributed by atoms with Crippen LogP contribution in [-0.4, -0.2) is 35.1 Å². The van der Waals surface area contributed by atoms with Gasteiger partial charge in [0.05, 0.1) is 12.7 Å². The lowest BCUT2D eigenvalue weighted by atomic mass is 10.1. The van der Waals surface area contributed by atoms with Crippen LogP contribution in [-0.2, 0) is 4.74 Å². The summed E-state index contributed by atoms with van der Waals surface area (Å²) in [5.74, 6) is 0. The number of hydrogen-bond acceptors (Lipinski definition) is 3. The maximum Gasteiger partial charge on any atom is 0.111 e. The Bertz CT molecular complexity index is 144. The highest BCUT2D eigenvalue weighted by Crippen LogP contribution is 2.23. The minimum absolute atomic E-state index is 0.132. The summed E-state index contributed by atoms with van der Waals surface area (Å²) in [6.07, 6.45) is -1.30. The zero-order valence-electron chi connectivity index (χ0n) is 5.95. The van der Waals surface area contributed by atoms with Gasteiger partial charge in [0.15, 0.2) is 0 Å². The first-order valence-electron chi connectivity index (χ1n) is 3.30. The maximum atomic E-state index is 9.24. The predicted octanol–water partition coefficient (Wildman–Crippen LogP) is -0.317. The van der Waals surface area contributed by atoms with Gasteiger partial charge in [-0.2, -0.15) is 0 Å². The molecule has 1 heterocycles. The van der Waals surface area contributed by atoms with Crippen molar-refractivity contribution in [1.29, 1.82) is 0 Å². The fourth-order valence-corrected chi connectivity index (χ4v) is 1.05. The van der Waals surface area contributed by atoms with E-state index in [0.717, 1.165) is 0 Å². The molecule has 1 rings (SSSR count). The van der Waals surface area contributed by atoms with Crippen molar-refractivity contribution in [3.8, 4) is 0 Å². The van der Waals surface area contributed by atoms with E-state index < -0.39 is 12.2 Å². The van der Waals surface area contributed by atoms with Crippen molar-refractivity contribution in [2.45, 2.75) is 25.2 Å². The number of aliphatic hydroxyl groups excluding tert-OH is 2. The first-order valence-corrected chi connectivity index (χ1v) is 3.30. The Hall–Kier alpha value is -0.380. The molecule has 1 saturated heterocycles. The Morgan fingerprint density at radius 3 is 2.50 bits per heavy atom. The first kappa shape index (κ1) is 7.72. The van der Waals surface area contributed by atoms with Crippen LogP contribution in [0.3, 0.4) is 0 Å². The molecule has 0 aliphatic carbocycles. The number of rotatable bonds is 1. The number of hydrogen-bond donors (Lipinski definition) is 2. The largest absolute Gasteiger partial charge is 0.394 e. The van der Waals surface area contributed by atoms with Gasteiger partial charge in [-0.25, -0.2) is 0 Å². The van der Waals surface area contributed by atoms with E-state index in [9.17, 15) is 5.11 Å². The monoisotopic (exact) mass is 144 g/mol. The van der Waals surface area contributed by atoms with Crippen LogP contribution in [0, 0.1) is 0 Å². The van der Waals surface area contributed by atoms with E-state index in [0.29, 0.717) is 5.57 Å². The first-order chi connectivity index (χ1) is 4.66. The minimum Gasteiger partial charge on any atom is -0.394 e. The van der Waals surface area contributed by atoms with Gasteiger partial charge in [-0.3, -0.25) is 0 Å². The number of aliphatic hydroxyl groups is 2. The van der Waals surface area contributed by atoms with Crippen molar-refractivity contribution >= 4 is 0 Å². The van der Waals surface area contributed by atoms with Gasteiger partial charge in [0, 0.05) is 0 Å². The molecule has 1 aliphatic heterocycles. The Morgan fingerprint density at radius 1 is 1.70 bits per heavy atom. The molecule has 0 aromatic heterocycles. The summed E-state index contributed by atoms with van der Waals surface area (Å²) in [6, 6.07) is 0. The van der Waals surface area contributed by atoms with Gasteiger partial charge in [0.25, 0.3) is 0 Å². The van der Waals surface area contributed by atoms with E-state index in [4.69, 9.17) is 9.84 Å². The Morgan fingerprint density at radius 2 is 2.30 bits per heavy atom. The molecule has 0 spiro atoms. The average Bonchev–Trinajstić information content (AvgIpc) is 2.17. The molecule has 0 bridgehead atoms. The standard InChI is InChI=1S/C7H12O3/c1-4-5(2)10-6(3-8)7(4)9/h5-9H,1,3H2,2H3/t5-,6-,7-/m1/s1. The summed E-state index contributed by atoms with van der Waals surface area (Å²) in [6.45, 7) is 5.29. The van der Waals surface area contributed by atoms with Crippen LogP contribution in [0.15, 0.2) is 12.2 Å². The smallest absolute Gasteiger partial charge is 0.111 e. The topological polar surface area (TPSA) is 49.7 Å². The molecule has 0 radical (unpaired) electrons. The van der Waals surface area contributed by atoms with Crippen molar-refractivity contribution in [3.05, 3.63) is 12.2 Å². The molecular weight excluding hydrogens is 132 g/mol. The average molecular weight is 144 g/mol. The third kappa shape index (κ3) is 1.08. The van der Waals surface area contributed by atoms with Gasteiger partial charge < -0.3 is 14.9 Å². The van der Waals surface area contributed by atoms with Crippen LogP contribution in [0.2, 0.25) is 0 Å². The second-order valence-electron chi connectivity index (χ2n) is 2.52. The zero-order chi connectivity index (χ0) is 7.72.